The van der Waals surface area contributed by atoms with E-state index in [1.54, 1.807) is 13.0 Å². The van der Waals surface area contributed by atoms with Crippen molar-refractivity contribution in [1.82, 2.24) is 9.97 Å². The first kappa shape index (κ1) is 14.8. The van der Waals surface area contributed by atoms with E-state index < -0.39 is 5.97 Å². The molecule has 0 spiro atoms. The van der Waals surface area contributed by atoms with Crippen LogP contribution in [0.15, 0.2) is 16.5 Å². The van der Waals surface area contributed by atoms with Gasteiger partial charge in [0, 0.05) is 11.8 Å². The molecule has 0 aliphatic heterocycles. The predicted octanol–water partition coefficient (Wildman–Crippen LogP) is 2.40. The van der Waals surface area contributed by atoms with Gasteiger partial charge in [0.1, 0.15) is 17.1 Å². The monoisotopic (exact) mass is 291 g/mol. The lowest BCUT2D eigenvalue weighted by molar-refractivity contribution is 0.0695. The third kappa shape index (κ3) is 3.71. The van der Waals surface area contributed by atoms with Crippen molar-refractivity contribution in [2.45, 2.75) is 27.3 Å². The minimum atomic E-state index is -1.01. The number of aromatic carboxylic acids is 1. The number of nitrogens with one attached hydrogen (secondary N) is 1. The Hall–Kier alpha value is -2.57. The molecule has 2 heterocycles. The van der Waals surface area contributed by atoms with Gasteiger partial charge in [0.2, 0.25) is 11.8 Å². The lowest BCUT2D eigenvalue weighted by atomic mass is 10.2. The average molecular weight is 291 g/mol. The molecule has 7 nitrogen and oxygen atoms in total. The van der Waals surface area contributed by atoms with E-state index in [0.717, 1.165) is 5.69 Å². The lowest BCUT2D eigenvalue weighted by Crippen LogP contribution is -2.05. The van der Waals surface area contributed by atoms with Crippen molar-refractivity contribution < 1.29 is 19.1 Å². The summed E-state index contributed by atoms with van der Waals surface area (Å²) in [4.78, 5) is 19.4. The molecule has 0 fully saturated rings. The van der Waals surface area contributed by atoms with Crippen LogP contribution < -0.4 is 10.1 Å². The largest absolute Gasteiger partial charge is 0.478 e. The summed E-state index contributed by atoms with van der Waals surface area (Å²) in [6.07, 6.45) is 0. The quantitative estimate of drug-likeness (QED) is 0.843. The van der Waals surface area contributed by atoms with Crippen LogP contribution in [0.25, 0.3) is 0 Å². The molecule has 112 valence electrons. The zero-order valence-corrected chi connectivity index (χ0v) is 12.1. The number of hydrogen-bond acceptors (Lipinski definition) is 6. The average Bonchev–Trinajstić information content (AvgIpc) is 2.78. The number of rotatable bonds is 6. The number of ether oxygens (including phenoxy) is 1. The molecule has 0 atom stereocenters. The number of aryl methyl sites for hydroxylation is 2. The molecule has 21 heavy (non-hydrogen) atoms. The molecule has 2 aromatic rings. The van der Waals surface area contributed by atoms with Crippen LogP contribution in [-0.2, 0) is 6.54 Å². The number of nitrogens with zero attached hydrogens (tertiary/aromatic N) is 2. The van der Waals surface area contributed by atoms with E-state index in [1.165, 1.54) is 6.07 Å². The lowest BCUT2D eigenvalue weighted by Gasteiger charge is -2.07. The standard InChI is InChI=1S/C14H17N3O4/c1-4-20-12-5-8(2)16-14(17-12)15-7-10-6-11(13(18)19)9(3)21-10/h5-6H,4,7H2,1-3H3,(H,18,19)(H,15,16,17). The highest BCUT2D eigenvalue weighted by Crippen LogP contribution is 2.17. The summed E-state index contributed by atoms with van der Waals surface area (Å²) in [5.74, 6) is 0.777. The molecule has 0 saturated heterocycles. The Kier molecular flexibility index (Phi) is 4.42. The van der Waals surface area contributed by atoms with Crippen molar-refractivity contribution in [3.05, 3.63) is 34.9 Å². The number of carbonyl (C=O) groups is 1. The van der Waals surface area contributed by atoms with Gasteiger partial charge < -0.3 is 19.6 Å². The molecule has 0 aromatic carbocycles. The summed E-state index contributed by atoms with van der Waals surface area (Å²) in [7, 11) is 0. The number of carboxylic acids is 1. The molecule has 2 rings (SSSR count). The van der Waals surface area contributed by atoms with Gasteiger partial charge in [-0.25, -0.2) is 9.78 Å². The Balaban J connectivity index is 2.09. The fourth-order valence-corrected chi connectivity index (χ4v) is 1.85. The topological polar surface area (TPSA) is 97.5 Å². The third-order valence-electron chi connectivity index (χ3n) is 2.74. The molecule has 0 unspecified atom stereocenters. The first-order valence-electron chi connectivity index (χ1n) is 6.54. The summed E-state index contributed by atoms with van der Waals surface area (Å²) in [5, 5.41) is 12.0. The van der Waals surface area contributed by atoms with Crippen molar-refractivity contribution in [1.29, 1.82) is 0 Å². The number of carboxylic acid groups (broad SMARTS) is 1. The van der Waals surface area contributed by atoms with Gasteiger partial charge in [0.05, 0.1) is 13.2 Å². The first-order chi connectivity index (χ1) is 9.99. The van der Waals surface area contributed by atoms with Crippen LogP contribution in [0.3, 0.4) is 0 Å². The van der Waals surface area contributed by atoms with Crippen LogP contribution >= 0.6 is 0 Å². The van der Waals surface area contributed by atoms with Gasteiger partial charge in [-0.05, 0) is 26.8 Å². The Morgan fingerprint density at radius 2 is 2.14 bits per heavy atom. The van der Waals surface area contributed by atoms with Crippen molar-refractivity contribution in [2.75, 3.05) is 11.9 Å². The van der Waals surface area contributed by atoms with E-state index in [4.69, 9.17) is 14.3 Å². The minimum absolute atomic E-state index is 0.159. The summed E-state index contributed by atoms with van der Waals surface area (Å²) >= 11 is 0. The Morgan fingerprint density at radius 3 is 2.76 bits per heavy atom. The summed E-state index contributed by atoms with van der Waals surface area (Å²) in [6, 6.07) is 3.23. The molecule has 0 aliphatic rings. The van der Waals surface area contributed by atoms with Gasteiger partial charge in [0.25, 0.3) is 0 Å². The maximum atomic E-state index is 10.9. The molecule has 0 radical (unpaired) electrons. The second-order valence-corrected chi connectivity index (χ2v) is 4.45. The van der Waals surface area contributed by atoms with Gasteiger partial charge in [-0.15, -0.1) is 0 Å². The predicted molar refractivity (Wildman–Crippen MR) is 75.7 cm³/mol. The Labute approximate surface area is 122 Å². The normalized spacial score (nSPS) is 10.4. The van der Waals surface area contributed by atoms with Crippen LogP contribution in [0.1, 0.15) is 34.5 Å². The van der Waals surface area contributed by atoms with Crippen molar-refractivity contribution >= 4 is 11.9 Å². The molecule has 2 aromatic heterocycles. The summed E-state index contributed by atoms with van der Waals surface area (Å²) in [6.45, 7) is 6.15. The second-order valence-electron chi connectivity index (χ2n) is 4.45. The molecular weight excluding hydrogens is 274 g/mol. The summed E-state index contributed by atoms with van der Waals surface area (Å²) < 4.78 is 10.7. The van der Waals surface area contributed by atoms with Crippen LogP contribution in [0.5, 0.6) is 5.88 Å². The van der Waals surface area contributed by atoms with Crippen LogP contribution in [0.2, 0.25) is 0 Å². The van der Waals surface area contributed by atoms with Crippen LogP contribution in [0, 0.1) is 13.8 Å². The smallest absolute Gasteiger partial charge is 0.339 e. The van der Waals surface area contributed by atoms with E-state index in [9.17, 15) is 4.79 Å². The first-order valence-corrected chi connectivity index (χ1v) is 6.54. The number of furan rings is 1. The maximum Gasteiger partial charge on any atom is 0.339 e. The minimum Gasteiger partial charge on any atom is -0.478 e. The third-order valence-corrected chi connectivity index (χ3v) is 2.74. The molecule has 2 N–H and O–H groups in total. The van der Waals surface area contributed by atoms with Crippen molar-refractivity contribution in [3.63, 3.8) is 0 Å². The highest BCUT2D eigenvalue weighted by Gasteiger charge is 2.13. The number of hydrogen-bond donors (Lipinski definition) is 2. The number of aromatic nitrogens is 2. The fourth-order valence-electron chi connectivity index (χ4n) is 1.85. The zero-order chi connectivity index (χ0) is 15.4. The molecule has 0 amide bonds. The zero-order valence-electron chi connectivity index (χ0n) is 12.1. The number of anilines is 1. The van der Waals surface area contributed by atoms with Gasteiger partial charge in [-0.2, -0.15) is 4.98 Å². The van der Waals surface area contributed by atoms with Gasteiger partial charge in [-0.1, -0.05) is 0 Å². The van der Waals surface area contributed by atoms with Gasteiger partial charge >= 0.3 is 5.97 Å². The summed E-state index contributed by atoms with van der Waals surface area (Å²) in [5.41, 5.74) is 0.935. The van der Waals surface area contributed by atoms with Crippen LogP contribution in [0.4, 0.5) is 5.95 Å². The van der Waals surface area contributed by atoms with E-state index in [1.807, 2.05) is 13.8 Å². The van der Waals surface area contributed by atoms with Gasteiger partial charge in [-0.3, -0.25) is 0 Å². The van der Waals surface area contributed by atoms with E-state index in [-0.39, 0.29) is 5.56 Å². The van der Waals surface area contributed by atoms with Crippen molar-refractivity contribution in [3.8, 4) is 5.88 Å². The molecular formula is C14H17N3O4. The molecule has 0 saturated carbocycles. The van der Waals surface area contributed by atoms with Crippen LogP contribution in [-0.4, -0.2) is 27.7 Å². The Bertz CT molecular complexity index is 652. The van der Waals surface area contributed by atoms with E-state index >= 15 is 0 Å². The molecule has 0 bridgehead atoms. The molecule has 0 aliphatic carbocycles. The fraction of sp³-hybridized carbons (Fsp3) is 0.357. The SMILES string of the molecule is CCOc1cc(C)nc(NCc2cc(C(=O)O)c(C)o2)n1. The maximum absolute atomic E-state index is 10.9. The van der Waals surface area contributed by atoms with E-state index in [0.29, 0.717) is 36.5 Å². The second kappa shape index (κ2) is 6.25. The molecule has 7 heteroatoms. The van der Waals surface area contributed by atoms with Crippen molar-refractivity contribution in [2.24, 2.45) is 0 Å². The Morgan fingerprint density at radius 1 is 1.38 bits per heavy atom. The highest BCUT2D eigenvalue weighted by molar-refractivity contribution is 5.88. The van der Waals surface area contributed by atoms with Gasteiger partial charge in [0.15, 0.2) is 0 Å². The van der Waals surface area contributed by atoms with E-state index in [2.05, 4.69) is 15.3 Å². The highest BCUT2D eigenvalue weighted by atomic mass is 16.5.